The number of hydrogen-bond donors (Lipinski definition) is 2. The molecule has 0 saturated heterocycles. The molecule has 0 aromatic heterocycles. The van der Waals surface area contributed by atoms with E-state index in [0.29, 0.717) is 0 Å². The topological polar surface area (TPSA) is 49.7 Å². The van der Waals surface area contributed by atoms with Crippen LogP contribution in [0.3, 0.4) is 0 Å². The third-order valence-electron chi connectivity index (χ3n) is 1.55. The lowest BCUT2D eigenvalue weighted by atomic mass is 9.80. The SMILES string of the molecule is [2H]C([2H])([2H])Oc1cc(B(O)O)ccc1C([2H])([2H])C([2H])([2H])[2H]. The van der Waals surface area contributed by atoms with Gasteiger partial charge in [0.05, 0.1) is 11.2 Å². The van der Waals surface area contributed by atoms with E-state index in [0.717, 1.165) is 18.2 Å². The molecule has 13 heavy (non-hydrogen) atoms. The van der Waals surface area contributed by atoms with Crippen LogP contribution in [0.4, 0.5) is 0 Å². The Kier molecular flexibility index (Phi) is 1.20. The fourth-order valence-corrected chi connectivity index (χ4v) is 0.887. The van der Waals surface area contributed by atoms with Crippen molar-refractivity contribution in [1.82, 2.24) is 0 Å². The summed E-state index contributed by atoms with van der Waals surface area (Å²) in [6, 6.07) is 2.92. The van der Waals surface area contributed by atoms with Crippen LogP contribution in [0.5, 0.6) is 5.75 Å². The van der Waals surface area contributed by atoms with Gasteiger partial charge in [0.25, 0.3) is 0 Å². The van der Waals surface area contributed by atoms with E-state index in [9.17, 15) is 0 Å². The molecule has 0 heterocycles. The molecule has 2 N–H and O–H groups in total. The Balaban J connectivity index is 3.44. The Morgan fingerprint density at radius 1 is 1.62 bits per heavy atom. The normalized spacial score (nSPS) is 22.0. The number of aryl methyl sites for hydroxylation is 1. The van der Waals surface area contributed by atoms with Crippen LogP contribution >= 0.6 is 0 Å². The number of hydrogen-bond acceptors (Lipinski definition) is 3. The van der Waals surface area contributed by atoms with Crippen molar-refractivity contribution in [1.29, 1.82) is 0 Å². The molecule has 0 fully saturated rings. The Morgan fingerprint density at radius 2 is 2.46 bits per heavy atom. The summed E-state index contributed by atoms with van der Waals surface area (Å²) in [5.74, 6) is -0.582. The van der Waals surface area contributed by atoms with E-state index in [4.69, 9.17) is 21.0 Å². The molecule has 1 aromatic carbocycles. The van der Waals surface area contributed by atoms with Crippen molar-refractivity contribution in [3.8, 4) is 5.75 Å². The highest BCUT2D eigenvalue weighted by atomic mass is 16.5. The van der Waals surface area contributed by atoms with E-state index in [1.807, 2.05) is 0 Å². The molecule has 3 nitrogen and oxygen atoms in total. The smallest absolute Gasteiger partial charge is 0.488 e. The van der Waals surface area contributed by atoms with E-state index < -0.39 is 38.7 Å². The van der Waals surface area contributed by atoms with Gasteiger partial charge in [-0.3, -0.25) is 0 Å². The van der Waals surface area contributed by atoms with E-state index in [1.165, 1.54) is 0 Å². The van der Waals surface area contributed by atoms with Gasteiger partial charge in [-0.25, -0.2) is 0 Å². The van der Waals surface area contributed by atoms with E-state index in [-0.39, 0.29) is 5.46 Å². The largest absolute Gasteiger partial charge is 0.496 e. The van der Waals surface area contributed by atoms with Crippen LogP contribution in [-0.2, 0) is 6.37 Å². The number of ether oxygens (including phenoxy) is 1. The van der Waals surface area contributed by atoms with Crippen molar-refractivity contribution >= 4 is 12.6 Å². The molecule has 0 atom stereocenters. The highest BCUT2D eigenvalue weighted by Gasteiger charge is 2.12. The summed E-state index contributed by atoms with van der Waals surface area (Å²) in [5, 5.41) is 18.1. The molecule has 1 aromatic rings. The summed E-state index contributed by atoms with van der Waals surface area (Å²) in [6.07, 6.45) is -2.87. The van der Waals surface area contributed by atoms with Crippen LogP contribution in [-0.4, -0.2) is 24.2 Å². The zero-order chi connectivity index (χ0) is 16.6. The van der Waals surface area contributed by atoms with Crippen LogP contribution in [0, 0.1) is 0 Å². The average Bonchev–Trinajstić information content (AvgIpc) is 2.24. The fraction of sp³-hybridized carbons (Fsp3) is 0.333. The molecule has 0 amide bonds. The first kappa shape index (κ1) is 3.63. The van der Waals surface area contributed by atoms with Gasteiger partial charge < -0.3 is 14.8 Å². The summed E-state index contributed by atoms with van der Waals surface area (Å²) < 4.78 is 62.6. The highest BCUT2D eigenvalue weighted by Crippen LogP contribution is 2.16. The zero-order valence-corrected chi connectivity index (χ0v) is 6.61. The van der Waals surface area contributed by atoms with Crippen molar-refractivity contribution in [3.05, 3.63) is 23.8 Å². The molecule has 0 aliphatic rings. The molecule has 0 saturated carbocycles. The van der Waals surface area contributed by atoms with Gasteiger partial charge in [0.15, 0.2) is 0 Å². The molecule has 0 unspecified atom stereocenters. The predicted octanol–water partition coefficient (Wildman–Crippen LogP) is -0.0626. The lowest BCUT2D eigenvalue weighted by Crippen LogP contribution is -2.29. The van der Waals surface area contributed by atoms with Gasteiger partial charge in [-0.2, -0.15) is 0 Å². The predicted molar refractivity (Wildman–Crippen MR) is 52.2 cm³/mol. The first-order chi connectivity index (χ1) is 9.25. The Morgan fingerprint density at radius 3 is 3.08 bits per heavy atom. The second-order valence-corrected chi connectivity index (χ2v) is 2.36. The number of methoxy groups -OCH3 is 1. The van der Waals surface area contributed by atoms with Crippen molar-refractivity contribution in [2.75, 3.05) is 7.04 Å². The maximum Gasteiger partial charge on any atom is 0.488 e. The quantitative estimate of drug-likeness (QED) is 0.653. The van der Waals surface area contributed by atoms with Crippen LogP contribution < -0.4 is 10.2 Å². The Labute approximate surface area is 89.4 Å². The van der Waals surface area contributed by atoms with Crippen LogP contribution in [0.1, 0.15) is 23.4 Å². The van der Waals surface area contributed by atoms with Crippen LogP contribution in [0.15, 0.2) is 18.2 Å². The average molecular weight is 188 g/mol. The molecule has 0 spiro atoms. The third kappa shape index (κ3) is 2.23. The molecule has 0 radical (unpaired) electrons. The molecule has 0 bridgehead atoms. The minimum atomic E-state index is -3.06. The number of rotatable bonds is 3. The van der Waals surface area contributed by atoms with Gasteiger partial charge in [0.2, 0.25) is 0 Å². The Bertz CT molecular complexity index is 511. The van der Waals surface area contributed by atoms with Gasteiger partial charge >= 0.3 is 7.12 Å². The molecule has 0 aliphatic heterocycles. The van der Waals surface area contributed by atoms with Crippen molar-refractivity contribution < 1.29 is 25.8 Å². The van der Waals surface area contributed by atoms with Crippen molar-refractivity contribution in [2.45, 2.75) is 13.2 Å². The monoisotopic (exact) mass is 188 g/mol. The second kappa shape index (κ2) is 4.30. The van der Waals surface area contributed by atoms with Crippen LogP contribution in [0.2, 0.25) is 0 Å². The van der Waals surface area contributed by atoms with Gasteiger partial charge in [0, 0.05) is 6.85 Å². The molecule has 70 valence electrons. The molecular formula is C9H13BO3. The molecule has 4 heteroatoms. The molecular weight excluding hydrogens is 167 g/mol. The molecule has 1 rings (SSSR count). The summed E-state index contributed by atoms with van der Waals surface area (Å²) in [6.45, 7) is -3.06. The number of benzene rings is 1. The van der Waals surface area contributed by atoms with E-state index >= 15 is 0 Å². The first-order valence-electron chi connectivity index (χ1n) is 7.45. The third-order valence-corrected chi connectivity index (χ3v) is 1.55. The summed E-state index contributed by atoms with van der Waals surface area (Å²) in [7, 11) is -4.88. The minimum Gasteiger partial charge on any atom is -0.496 e. The highest BCUT2D eigenvalue weighted by molar-refractivity contribution is 6.58. The maximum absolute atomic E-state index is 9.05. The summed E-state index contributed by atoms with van der Waals surface area (Å²) in [5.41, 5.74) is -0.664. The summed E-state index contributed by atoms with van der Waals surface area (Å²) >= 11 is 0. The standard InChI is InChI=1S/C9H13BO3/c1-3-7-4-5-8(10(11)12)6-9(7)13-2/h4-6,11-12H,3H2,1-2H3/i1D3,2D3,3D2. The minimum absolute atomic E-state index is 0.153. The fourth-order valence-electron chi connectivity index (χ4n) is 0.887. The van der Waals surface area contributed by atoms with Gasteiger partial charge in [-0.1, -0.05) is 19.0 Å². The van der Waals surface area contributed by atoms with Crippen molar-refractivity contribution in [2.24, 2.45) is 0 Å². The van der Waals surface area contributed by atoms with E-state index in [1.54, 1.807) is 0 Å². The van der Waals surface area contributed by atoms with Crippen LogP contribution in [0.25, 0.3) is 0 Å². The Hall–Kier alpha value is -0.995. The van der Waals surface area contributed by atoms with Gasteiger partial charge in [-0.15, -0.1) is 0 Å². The summed E-state index contributed by atoms with van der Waals surface area (Å²) in [4.78, 5) is 0. The molecule has 0 aliphatic carbocycles. The first-order valence-corrected chi connectivity index (χ1v) is 3.45. The van der Waals surface area contributed by atoms with Gasteiger partial charge in [0.1, 0.15) is 5.75 Å². The second-order valence-electron chi connectivity index (χ2n) is 2.36. The zero-order valence-electron chi connectivity index (χ0n) is 14.6. The lowest BCUT2D eigenvalue weighted by Gasteiger charge is -2.08. The lowest BCUT2D eigenvalue weighted by molar-refractivity contribution is 0.408. The van der Waals surface area contributed by atoms with Gasteiger partial charge in [-0.05, 0) is 23.5 Å². The maximum atomic E-state index is 9.05. The van der Waals surface area contributed by atoms with E-state index in [2.05, 4.69) is 4.74 Å². The van der Waals surface area contributed by atoms with Crippen molar-refractivity contribution in [3.63, 3.8) is 0 Å².